The van der Waals surface area contributed by atoms with Crippen molar-refractivity contribution in [2.45, 2.75) is 0 Å². The molecular formula is C18H11Cl3N4O2S. The highest BCUT2D eigenvalue weighted by Gasteiger charge is 2.21. The molecule has 0 fully saturated rings. The summed E-state index contributed by atoms with van der Waals surface area (Å²) in [4.78, 5) is 17.7. The number of anilines is 1. The number of ether oxygens (including phenoxy) is 1. The molecule has 1 amide bonds. The Morgan fingerprint density at radius 1 is 1.11 bits per heavy atom. The number of fused-ring (bicyclic) bond motifs is 1. The predicted molar refractivity (Wildman–Crippen MR) is 112 cm³/mol. The quantitative estimate of drug-likeness (QED) is 0.432. The lowest BCUT2D eigenvalue weighted by Crippen LogP contribution is -2.15. The predicted octanol–water partition coefficient (Wildman–Crippen LogP) is 5.68. The number of amides is 1. The first-order valence-corrected chi connectivity index (χ1v) is 9.93. The van der Waals surface area contributed by atoms with Crippen LogP contribution in [-0.2, 0) is 0 Å². The number of nitrogens with one attached hydrogen (secondary N) is 1. The highest BCUT2D eigenvalue weighted by molar-refractivity contribution is 7.15. The average molecular weight is 454 g/mol. The Hall–Kier alpha value is -2.32. The van der Waals surface area contributed by atoms with Gasteiger partial charge >= 0.3 is 0 Å². The number of thiazole rings is 1. The number of halogens is 3. The third-order valence-electron chi connectivity index (χ3n) is 3.94. The zero-order valence-corrected chi connectivity index (χ0v) is 17.3. The molecule has 28 heavy (non-hydrogen) atoms. The van der Waals surface area contributed by atoms with Gasteiger partial charge in [-0.15, -0.1) is 16.4 Å². The molecule has 10 heteroatoms. The van der Waals surface area contributed by atoms with Crippen molar-refractivity contribution in [2.75, 3.05) is 12.4 Å². The van der Waals surface area contributed by atoms with E-state index < -0.39 is 5.91 Å². The standard InChI is InChI=1S/C18H11Cl3N4O2S/c1-27-15-12(21)7-6-11(20)14(15)16(26)22-17-23-18-25(24-17)13(8-28-18)9-2-4-10(19)5-3-9/h2-8H,1H3,(H,22,24,26). The van der Waals surface area contributed by atoms with E-state index in [1.165, 1.54) is 24.5 Å². The summed E-state index contributed by atoms with van der Waals surface area (Å²) in [6.45, 7) is 0. The molecule has 0 aliphatic heterocycles. The fourth-order valence-corrected chi connectivity index (χ4v) is 4.09. The van der Waals surface area contributed by atoms with E-state index in [-0.39, 0.29) is 27.3 Å². The Bertz CT molecular complexity index is 1190. The normalized spacial score (nSPS) is 11.0. The SMILES string of the molecule is COc1c(Cl)ccc(Cl)c1C(=O)Nc1nc2scc(-c3ccc(Cl)cc3)n2n1. The number of nitrogens with zero attached hydrogens (tertiary/aromatic N) is 3. The first-order chi connectivity index (χ1) is 13.5. The van der Waals surface area contributed by atoms with Crippen LogP contribution in [0, 0.1) is 0 Å². The Kier molecular flexibility index (Phi) is 5.16. The second-order valence-corrected chi connectivity index (χ2v) is 7.74. The Morgan fingerprint density at radius 2 is 1.82 bits per heavy atom. The van der Waals surface area contributed by atoms with Gasteiger partial charge in [0.1, 0.15) is 5.56 Å². The van der Waals surface area contributed by atoms with Gasteiger partial charge in [0, 0.05) is 16.0 Å². The van der Waals surface area contributed by atoms with Crippen molar-refractivity contribution < 1.29 is 9.53 Å². The van der Waals surface area contributed by atoms with Crippen LogP contribution in [0.1, 0.15) is 10.4 Å². The van der Waals surface area contributed by atoms with E-state index in [1.807, 2.05) is 17.5 Å². The van der Waals surface area contributed by atoms with E-state index in [2.05, 4.69) is 15.4 Å². The molecule has 0 saturated heterocycles. The fraction of sp³-hybridized carbons (Fsp3) is 0.0556. The number of carbonyl (C=O) groups is 1. The van der Waals surface area contributed by atoms with E-state index in [0.29, 0.717) is 9.98 Å². The van der Waals surface area contributed by atoms with Crippen LogP contribution in [0.2, 0.25) is 15.1 Å². The number of carbonyl (C=O) groups excluding carboxylic acids is 1. The van der Waals surface area contributed by atoms with Crippen LogP contribution >= 0.6 is 46.1 Å². The van der Waals surface area contributed by atoms with Crippen molar-refractivity contribution in [2.24, 2.45) is 0 Å². The summed E-state index contributed by atoms with van der Waals surface area (Å²) in [5, 5.41) is 10.1. The maximum absolute atomic E-state index is 12.7. The summed E-state index contributed by atoms with van der Waals surface area (Å²) in [7, 11) is 1.41. The number of aromatic nitrogens is 3. The summed E-state index contributed by atoms with van der Waals surface area (Å²) in [5.74, 6) is -0.185. The third kappa shape index (κ3) is 3.42. The van der Waals surface area contributed by atoms with Crippen molar-refractivity contribution >= 4 is 63.0 Å². The number of methoxy groups -OCH3 is 1. The topological polar surface area (TPSA) is 68.5 Å². The van der Waals surface area contributed by atoms with Crippen LogP contribution in [-0.4, -0.2) is 27.6 Å². The Labute approximate surface area is 178 Å². The van der Waals surface area contributed by atoms with E-state index in [1.54, 1.807) is 22.7 Å². The van der Waals surface area contributed by atoms with Gasteiger partial charge in [-0.3, -0.25) is 10.1 Å². The van der Waals surface area contributed by atoms with E-state index in [9.17, 15) is 4.79 Å². The molecule has 2 aromatic heterocycles. The molecule has 0 saturated carbocycles. The van der Waals surface area contributed by atoms with Crippen molar-refractivity contribution in [1.29, 1.82) is 0 Å². The van der Waals surface area contributed by atoms with Crippen molar-refractivity contribution in [1.82, 2.24) is 14.6 Å². The maximum atomic E-state index is 12.7. The van der Waals surface area contributed by atoms with Gasteiger partial charge in [-0.1, -0.05) is 46.9 Å². The van der Waals surface area contributed by atoms with Gasteiger partial charge in [-0.25, -0.2) is 4.52 Å². The minimum atomic E-state index is -0.518. The van der Waals surface area contributed by atoms with Crippen molar-refractivity contribution in [3.05, 3.63) is 62.4 Å². The molecule has 0 unspecified atom stereocenters. The monoisotopic (exact) mass is 452 g/mol. The van der Waals surface area contributed by atoms with Crippen LogP contribution in [0.3, 0.4) is 0 Å². The first-order valence-electron chi connectivity index (χ1n) is 7.91. The smallest absolute Gasteiger partial charge is 0.263 e. The van der Waals surface area contributed by atoms with E-state index >= 15 is 0 Å². The summed E-state index contributed by atoms with van der Waals surface area (Å²) >= 11 is 19.6. The summed E-state index contributed by atoms with van der Waals surface area (Å²) in [6, 6.07) is 10.5. The molecule has 0 aliphatic carbocycles. The summed E-state index contributed by atoms with van der Waals surface area (Å²) < 4.78 is 6.87. The minimum Gasteiger partial charge on any atom is -0.494 e. The van der Waals surface area contributed by atoms with Crippen LogP contribution < -0.4 is 10.1 Å². The molecule has 4 aromatic rings. The van der Waals surface area contributed by atoms with Gasteiger partial charge in [-0.05, 0) is 24.3 Å². The Morgan fingerprint density at radius 3 is 2.54 bits per heavy atom. The fourth-order valence-electron chi connectivity index (χ4n) is 2.66. The minimum absolute atomic E-state index is 0.118. The molecule has 142 valence electrons. The van der Waals surface area contributed by atoms with Crippen LogP contribution in [0.4, 0.5) is 5.95 Å². The van der Waals surface area contributed by atoms with E-state index in [4.69, 9.17) is 39.5 Å². The number of benzene rings is 2. The molecule has 0 radical (unpaired) electrons. The third-order valence-corrected chi connectivity index (χ3v) is 5.62. The molecule has 0 bridgehead atoms. The lowest BCUT2D eigenvalue weighted by Gasteiger charge is -2.10. The number of hydrogen-bond donors (Lipinski definition) is 1. The molecule has 0 spiro atoms. The molecule has 2 aromatic carbocycles. The molecule has 0 atom stereocenters. The van der Waals surface area contributed by atoms with Gasteiger partial charge < -0.3 is 4.74 Å². The second kappa shape index (κ2) is 7.60. The lowest BCUT2D eigenvalue weighted by molar-refractivity contribution is 0.102. The molecule has 4 rings (SSSR count). The second-order valence-electron chi connectivity index (χ2n) is 5.65. The molecule has 1 N–H and O–H groups in total. The molecule has 0 aliphatic rings. The number of hydrogen-bond acceptors (Lipinski definition) is 5. The highest BCUT2D eigenvalue weighted by atomic mass is 35.5. The van der Waals surface area contributed by atoms with Crippen molar-refractivity contribution in [3.8, 4) is 17.0 Å². The van der Waals surface area contributed by atoms with Gasteiger partial charge in [-0.2, -0.15) is 4.98 Å². The van der Waals surface area contributed by atoms with Crippen LogP contribution in [0.25, 0.3) is 16.2 Å². The largest absolute Gasteiger partial charge is 0.494 e. The zero-order chi connectivity index (χ0) is 19.8. The maximum Gasteiger partial charge on any atom is 0.263 e. The van der Waals surface area contributed by atoms with Gasteiger partial charge in [0.2, 0.25) is 4.96 Å². The zero-order valence-electron chi connectivity index (χ0n) is 14.2. The van der Waals surface area contributed by atoms with Crippen LogP contribution in [0.15, 0.2) is 41.8 Å². The van der Waals surface area contributed by atoms with Crippen molar-refractivity contribution in [3.63, 3.8) is 0 Å². The molecular weight excluding hydrogens is 443 g/mol. The molecule has 6 nitrogen and oxygen atoms in total. The highest BCUT2D eigenvalue weighted by Crippen LogP contribution is 2.34. The number of rotatable bonds is 4. The van der Waals surface area contributed by atoms with Gasteiger partial charge in [0.05, 0.1) is 22.8 Å². The lowest BCUT2D eigenvalue weighted by atomic mass is 10.2. The molecule has 2 heterocycles. The van der Waals surface area contributed by atoms with Gasteiger partial charge in [0.15, 0.2) is 5.75 Å². The summed E-state index contributed by atoms with van der Waals surface area (Å²) in [5.41, 5.74) is 1.88. The average Bonchev–Trinajstić information content (AvgIpc) is 3.24. The van der Waals surface area contributed by atoms with Crippen LogP contribution in [0.5, 0.6) is 5.75 Å². The first kappa shape index (κ1) is 19.0. The van der Waals surface area contributed by atoms with Gasteiger partial charge in [0.25, 0.3) is 11.9 Å². The van der Waals surface area contributed by atoms with E-state index in [0.717, 1.165) is 11.3 Å². The summed E-state index contributed by atoms with van der Waals surface area (Å²) in [6.07, 6.45) is 0. The Balaban J connectivity index is 1.67.